The van der Waals surface area contributed by atoms with Crippen LogP contribution in [-0.4, -0.2) is 55.6 Å². The summed E-state index contributed by atoms with van der Waals surface area (Å²) in [4.78, 5) is 34.1. The van der Waals surface area contributed by atoms with Crippen molar-refractivity contribution < 1.29 is 23.9 Å². The zero-order chi connectivity index (χ0) is 13.4. The van der Waals surface area contributed by atoms with E-state index in [4.69, 9.17) is 15.2 Å². The van der Waals surface area contributed by atoms with Crippen molar-refractivity contribution in [2.45, 2.75) is 19.3 Å². The molecule has 7 heteroatoms. The predicted molar refractivity (Wildman–Crippen MR) is 61.4 cm³/mol. The summed E-state index contributed by atoms with van der Waals surface area (Å²) in [6.45, 7) is 1.58. The monoisotopic (exact) mass is 258 g/mol. The lowest BCUT2D eigenvalue weighted by molar-refractivity contribution is -0.139. The quantitative estimate of drug-likeness (QED) is 0.424. The molecule has 0 spiro atoms. The zero-order valence-electron chi connectivity index (χ0n) is 10.2. The fourth-order valence-corrected chi connectivity index (χ4v) is 1.52. The second-order valence-corrected chi connectivity index (χ2v) is 3.88. The van der Waals surface area contributed by atoms with Crippen LogP contribution in [0.1, 0.15) is 19.3 Å². The number of hydrogen-bond acceptors (Lipinski definition) is 5. The SMILES string of the molecule is NC(=O)CCOCCOCCN1C(=O)CCC1=O. The molecule has 3 amide bonds. The number of imide groups is 1. The van der Waals surface area contributed by atoms with Gasteiger partial charge < -0.3 is 15.2 Å². The molecule has 1 saturated heterocycles. The lowest BCUT2D eigenvalue weighted by atomic mass is 10.4. The van der Waals surface area contributed by atoms with Crippen LogP contribution >= 0.6 is 0 Å². The largest absolute Gasteiger partial charge is 0.379 e. The number of hydrogen-bond donors (Lipinski definition) is 1. The highest BCUT2D eigenvalue weighted by molar-refractivity contribution is 6.01. The molecule has 7 nitrogen and oxygen atoms in total. The van der Waals surface area contributed by atoms with E-state index in [1.54, 1.807) is 0 Å². The third-order valence-electron chi connectivity index (χ3n) is 2.48. The minimum absolute atomic E-state index is 0.138. The van der Waals surface area contributed by atoms with Gasteiger partial charge in [0, 0.05) is 19.3 Å². The van der Waals surface area contributed by atoms with Crippen molar-refractivity contribution in [2.75, 3.05) is 33.0 Å². The third-order valence-corrected chi connectivity index (χ3v) is 2.48. The van der Waals surface area contributed by atoms with Crippen LogP contribution in [0.5, 0.6) is 0 Å². The maximum atomic E-state index is 11.2. The molecule has 2 N–H and O–H groups in total. The molecule has 0 aromatic heterocycles. The molecule has 1 aliphatic heterocycles. The fraction of sp³-hybridized carbons (Fsp3) is 0.727. The van der Waals surface area contributed by atoms with E-state index in [0.29, 0.717) is 39.2 Å². The summed E-state index contributed by atoms with van der Waals surface area (Å²) in [6.07, 6.45) is 0.793. The molecule has 0 aliphatic carbocycles. The van der Waals surface area contributed by atoms with Crippen LogP contribution in [0.4, 0.5) is 0 Å². The van der Waals surface area contributed by atoms with Gasteiger partial charge in [-0.1, -0.05) is 0 Å². The summed E-state index contributed by atoms with van der Waals surface area (Å²) < 4.78 is 10.3. The Hall–Kier alpha value is -1.47. The van der Waals surface area contributed by atoms with Gasteiger partial charge in [-0.15, -0.1) is 0 Å². The van der Waals surface area contributed by atoms with E-state index in [0.717, 1.165) is 0 Å². The van der Waals surface area contributed by atoms with Gasteiger partial charge >= 0.3 is 0 Å². The molecule has 1 aliphatic rings. The number of likely N-dealkylation sites (tertiary alicyclic amines) is 1. The first-order valence-electron chi connectivity index (χ1n) is 5.88. The Kier molecular flexibility index (Phi) is 6.31. The van der Waals surface area contributed by atoms with Crippen LogP contribution in [0.15, 0.2) is 0 Å². The molecule has 0 saturated carbocycles. The van der Waals surface area contributed by atoms with Crippen molar-refractivity contribution in [3.05, 3.63) is 0 Å². The van der Waals surface area contributed by atoms with Crippen LogP contribution in [0.3, 0.4) is 0 Å². The van der Waals surface area contributed by atoms with E-state index in [1.807, 2.05) is 0 Å². The highest BCUT2D eigenvalue weighted by Crippen LogP contribution is 2.10. The standard InChI is InChI=1S/C11H18N2O5/c12-9(14)3-5-17-7-8-18-6-4-13-10(15)1-2-11(13)16/h1-8H2,(H2,12,14). The minimum atomic E-state index is -0.401. The summed E-state index contributed by atoms with van der Waals surface area (Å²) in [5, 5.41) is 0. The van der Waals surface area contributed by atoms with Crippen molar-refractivity contribution in [3.8, 4) is 0 Å². The van der Waals surface area contributed by atoms with E-state index in [-0.39, 0.29) is 24.8 Å². The van der Waals surface area contributed by atoms with Gasteiger partial charge in [-0.3, -0.25) is 19.3 Å². The maximum absolute atomic E-state index is 11.2. The molecule has 1 rings (SSSR count). The maximum Gasteiger partial charge on any atom is 0.229 e. The molecule has 0 aromatic rings. The fourth-order valence-electron chi connectivity index (χ4n) is 1.52. The normalized spacial score (nSPS) is 15.4. The van der Waals surface area contributed by atoms with Crippen LogP contribution in [0.25, 0.3) is 0 Å². The topological polar surface area (TPSA) is 98.9 Å². The second-order valence-electron chi connectivity index (χ2n) is 3.88. The van der Waals surface area contributed by atoms with Crippen molar-refractivity contribution in [1.82, 2.24) is 4.90 Å². The number of carbonyl (C=O) groups excluding carboxylic acids is 3. The van der Waals surface area contributed by atoms with Gasteiger partial charge in [0.15, 0.2) is 0 Å². The molecule has 0 unspecified atom stereocenters. The number of ether oxygens (including phenoxy) is 2. The number of carbonyl (C=O) groups is 3. The predicted octanol–water partition coefficient (Wildman–Crippen LogP) is -0.956. The average molecular weight is 258 g/mol. The van der Waals surface area contributed by atoms with Gasteiger partial charge in [-0.25, -0.2) is 0 Å². The van der Waals surface area contributed by atoms with Gasteiger partial charge in [-0.05, 0) is 0 Å². The average Bonchev–Trinajstić information content (AvgIpc) is 2.63. The molecule has 0 bridgehead atoms. The first kappa shape index (κ1) is 14.6. The lowest BCUT2D eigenvalue weighted by Crippen LogP contribution is -2.32. The molecule has 18 heavy (non-hydrogen) atoms. The number of amides is 3. The Balaban J connectivity index is 1.94. The van der Waals surface area contributed by atoms with Crippen molar-refractivity contribution in [3.63, 3.8) is 0 Å². The summed E-state index contributed by atoms with van der Waals surface area (Å²) in [7, 11) is 0. The summed E-state index contributed by atoms with van der Waals surface area (Å²) >= 11 is 0. The molecule has 1 heterocycles. The molecule has 0 aromatic carbocycles. The zero-order valence-corrected chi connectivity index (χ0v) is 10.2. The minimum Gasteiger partial charge on any atom is -0.379 e. The Bertz CT molecular complexity index is 303. The van der Waals surface area contributed by atoms with Gasteiger partial charge in [0.25, 0.3) is 0 Å². The molecular weight excluding hydrogens is 240 g/mol. The van der Waals surface area contributed by atoms with Gasteiger partial charge in [0.2, 0.25) is 17.7 Å². The number of nitrogens with zero attached hydrogens (tertiary/aromatic N) is 1. The molecule has 0 atom stereocenters. The molecule has 102 valence electrons. The van der Waals surface area contributed by atoms with Gasteiger partial charge in [0.05, 0.1) is 33.0 Å². The Morgan fingerprint density at radius 2 is 1.61 bits per heavy atom. The summed E-state index contributed by atoms with van der Waals surface area (Å²) in [5.41, 5.74) is 4.93. The number of nitrogens with two attached hydrogens (primary N) is 1. The molecular formula is C11H18N2O5. The summed E-state index contributed by atoms with van der Waals surface area (Å²) in [6, 6.07) is 0. The highest BCUT2D eigenvalue weighted by Gasteiger charge is 2.27. The van der Waals surface area contributed by atoms with Crippen LogP contribution < -0.4 is 5.73 Å². The smallest absolute Gasteiger partial charge is 0.229 e. The second kappa shape index (κ2) is 7.78. The highest BCUT2D eigenvalue weighted by atomic mass is 16.5. The first-order chi connectivity index (χ1) is 8.61. The summed E-state index contributed by atoms with van der Waals surface area (Å²) in [5.74, 6) is -0.676. The van der Waals surface area contributed by atoms with E-state index in [9.17, 15) is 14.4 Å². The number of primary amides is 1. The van der Waals surface area contributed by atoms with Gasteiger partial charge in [0.1, 0.15) is 0 Å². The van der Waals surface area contributed by atoms with E-state index < -0.39 is 5.91 Å². The Morgan fingerprint density at radius 3 is 2.17 bits per heavy atom. The Labute approximate surface area is 105 Å². The lowest BCUT2D eigenvalue weighted by Gasteiger charge is -2.13. The van der Waals surface area contributed by atoms with Crippen molar-refractivity contribution >= 4 is 17.7 Å². The van der Waals surface area contributed by atoms with Crippen molar-refractivity contribution in [1.29, 1.82) is 0 Å². The molecule has 0 radical (unpaired) electrons. The number of rotatable bonds is 9. The van der Waals surface area contributed by atoms with Crippen LogP contribution in [-0.2, 0) is 23.9 Å². The van der Waals surface area contributed by atoms with E-state index >= 15 is 0 Å². The Morgan fingerprint density at radius 1 is 1.06 bits per heavy atom. The van der Waals surface area contributed by atoms with Crippen LogP contribution in [0.2, 0.25) is 0 Å². The third kappa shape index (κ3) is 5.24. The van der Waals surface area contributed by atoms with Crippen molar-refractivity contribution in [2.24, 2.45) is 5.73 Å². The first-order valence-corrected chi connectivity index (χ1v) is 5.88. The molecule has 1 fully saturated rings. The van der Waals surface area contributed by atoms with Gasteiger partial charge in [-0.2, -0.15) is 0 Å². The van der Waals surface area contributed by atoms with E-state index in [2.05, 4.69) is 0 Å². The van der Waals surface area contributed by atoms with Crippen LogP contribution in [0, 0.1) is 0 Å². The van der Waals surface area contributed by atoms with E-state index in [1.165, 1.54) is 4.90 Å².